The number of likely N-dealkylation sites (tertiary alicyclic amines) is 1. The fraction of sp³-hybridized carbons (Fsp3) is 0.500. The molecule has 1 aliphatic heterocycles. The minimum absolute atomic E-state index is 0.256. The van der Waals surface area contributed by atoms with E-state index in [0.29, 0.717) is 5.56 Å². The van der Waals surface area contributed by atoms with Gasteiger partial charge >= 0.3 is 5.97 Å². The Kier molecular flexibility index (Phi) is 4.96. The van der Waals surface area contributed by atoms with E-state index in [2.05, 4.69) is 4.90 Å². The molecule has 0 radical (unpaired) electrons. The first kappa shape index (κ1) is 15.5. The highest BCUT2D eigenvalue weighted by atomic mass is 16.4. The van der Waals surface area contributed by atoms with Gasteiger partial charge in [-0.25, -0.2) is 4.79 Å². The Morgan fingerprint density at radius 3 is 2.62 bits per heavy atom. The first-order valence-electron chi connectivity index (χ1n) is 7.30. The zero-order valence-corrected chi connectivity index (χ0v) is 12.6. The molecule has 0 aliphatic carbocycles. The summed E-state index contributed by atoms with van der Waals surface area (Å²) in [6.07, 6.45) is 2.47. The van der Waals surface area contributed by atoms with Crippen LogP contribution in [0, 0.1) is 0 Å². The van der Waals surface area contributed by atoms with E-state index in [9.17, 15) is 9.59 Å². The third-order valence-electron chi connectivity index (χ3n) is 4.04. The van der Waals surface area contributed by atoms with Crippen molar-refractivity contribution in [1.29, 1.82) is 0 Å². The fourth-order valence-electron chi connectivity index (χ4n) is 2.55. The largest absolute Gasteiger partial charge is 0.480 e. The number of benzene rings is 1. The highest BCUT2D eigenvalue weighted by Crippen LogP contribution is 2.15. The quantitative estimate of drug-likeness (QED) is 0.898. The molecule has 1 unspecified atom stereocenters. The number of carbonyl (C=O) groups excluding carboxylic acids is 1. The van der Waals surface area contributed by atoms with Gasteiger partial charge in [0, 0.05) is 19.2 Å². The number of hydrogen-bond acceptors (Lipinski definition) is 3. The molecular weight excluding hydrogens is 268 g/mol. The molecule has 1 saturated heterocycles. The van der Waals surface area contributed by atoms with Crippen molar-refractivity contribution in [1.82, 2.24) is 9.80 Å². The summed E-state index contributed by atoms with van der Waals surface area (Å²) in [5.41, 5.74) is 1.64. The van der Waals surface area contributed by atoms with Crippen LogP contribution in [0.5, 0.6) is 0 Å². The molecule has 1 aromatic carbocycles. The Labute approximate surface area is 125 Å². The second-order valence-corrected chi connectivity index (χ2v) is 5.61. The number of amides is 1. The highest BCUT2D eigenvalue weighted by molar-refractivity contribution is 5.96. The van der Waals surface area contributed by atoms with Crippen molar-refractivity contribution in [3.05, 3.63) is 35.4 Å². The zero-order valence-electron chi connectivity index (χ0n) is 12.6. The average Bonchev–Trinajstić information content (AvgIpc) is 2.98. The number of aliphatic carboxylic acids is 1. The van der Waals surface area contributed by atoms with Crippen LogP contribution in [0.1, 0.15) is 35.7 Å². The van der Waals surface area contributed by atoms with E-state index < -0.39 is 12.0 Å². The lowest BCUT2D eigenvalue weighted by atomic mass is 10.1. The van der Waals surface area contributed by atoms with Gasteiger partial charge in [0.05, 0.1) is 0 Å². The fourth-order valence-corrected chi connectivity index (χ4v) is 2.55. The number of nitrogens with zero attached hydrogens (tertiary/aromatic N) is 2. The number of rotatable bonds is 5. The third kappa shape index (κ3) is 3.82. The lowest BCUT2D eigenvalue weighted by Crippen LogP contribution is -2.40. The molecule has 1 amide bonds. The van der Waals surface area contributed by atoms with Crippen LogP contribution in [0.2, 0.25) is 0 Å². The van der Waals surface area contributed by atoms with Crippen LogP contribution in [0.25, 0.3) is 0 Å². The third-order valence-corrected chi connectivity index (χ3v) is 4.04. The summed E-state index contributed by atoms with van der Waals surface area (Å²) in [5.74, 6) is -1.26. The first-order valence-corrected chi connectivity index (χ1v) is 7.30. The molecule has 2 rings (SSSR count). The molecule has 1 N–H and O–H groups in total. The van der Waals surface area contributed by atoms with Gasteiger partial charge in [-0.1, -0.05) is 12.1 Å². The van der Waals surface area contributed by atoms with E-state index >= 15 is 0 Å². The first-order chi connectivity index (χ1) is 9.99. The Bertz CT molecular complexity index is 524. The normalized spacial score (nSPS) is 16.7. The van der Waals surface area contributed by atoms with E-state index in [0.717, 1.165) is 25.2 Å². The second kappa shape index (κ2) is 6.72. The summed E-state index contributed by atoms with van der Waals surface area (Å²) in [6, 6.07) is 6.64. The van der Waals surface area contributed by atoms with Gasteiger partial charge in [0.25, 0.3) is 5.91 Å². The van der Waals surface area contributed by atoms with Gasteiger partial charge in [0.1, 0.15) is 6.04 Å². The van der Waals surface area contributed by atoms with E-state index in [1.165, 1.54) is 31.7 Å². The van der Waals surface area contributed by atoms with Gasteiger partial charge < -0.3 is 10.0 Å². The van der Waals surface area contributed by atoms with Crippen LogP contribution in [0.3, 0.4) is 0 Å². The predicted octanol–water partition coefficient (Wildman–Crippen LogP) is 1.83. The van der Waals surface area contributed by atoms with Crippen molar-refractivity contribution in [3.8, 4) is 0 Å². The molecular formula is C16H22N2O3. The van der Waals surface area contributed by atoms with Crippen molar-refractivity contribution in [2.45, 2.75) is 32.4 Å². The summed E-state index contributed by atoms with van der Waals surface area (Å²) < 4.78 is 0. The van der Waals surface area contributed by atoms with Gasteiger partial charge in [-0.05, 0) is 50.6 Å². The van der Waals surface area contributed by atoms with Crippen LogP contribution in [-0.4, -0.2) is 53.0 Å². The maximum Gasteiger partial charge on any atom is 0.326 e. The summed E-state index contributed by atoms with van der Waals surface area (Å²) in [4.78, 5) is 26.9. The Balaban J connectivity index is 2.08. The molecule has 0 spiro atoms. The Morgan fingerprint density at radius 1 is 1.33 bits per heavy atom. The minimum Gasteiger partial charge on any atom is -0.480 e. The average molecular weight is 290 g/mol. The van der Waals surface area contributed by atoms with Gasteiger partial charge in [-0.15, -0.1) is 0 Å². The van der Waals surface area contributed by atoms with Crippen molar-refractivity contribution in [3.63, 3.8) is 0 Å². The van der Waals surface area contributed by atoms with Crippen molar-refractivity contribution in [2.75, 3.05) is 20.1 Å². The minimum atomic E-state index is -1.00. The van der Waals surface area contributed by atoms with E-state index in [-0.39, 0.29) is 5.91 Å². The molecule has 0 aromatic heterocycles. The molecule has 0 saturated carbocycles. The smallest absolute Gasteiger partial charge is 0.326 e. The lowest BCUT2D eigenvalue weighted by molar-refractivity contribution is -0.141. The molecule has 114 valence electrons. The second-order valence-electron chi connectivity index (χ2n) is 5.61. The van der Waals surface area contributed by atoms with Gasteiger partial charge in [-0.2, -0.15) is 0 Å². The van der Waals surface area contributed by atoms with Crippen LogP contribution < -0.4 is 0 Å². The molecule has 21 heavy (non-hydrogen) atoms. The van der Waals surface area contributed by atoms with Crippen LogP contribution in [0.15, 0.2) is 24.3 Å². The van der Waals surface area contributed by atoms with Gasteiger partial charge in [0.2, 0.25) is 0 Å². The standard InChI is InChI=1S/C16H22N2O3/c1-12(16(20)21)17(2)15(19)14-7-5-6-13(10-14)11-18-8-3-4-9-18/h5-7,10,12H,3-4,8-9,11H2,1-2H3,(H,20,21). The highest BCUT2D eigenvalue weighted by Gasteiger charge is 2.23. The van der Waals surface area contributed by atoms with E-state index in [1.807, 2.05) is 18.2 Å². The summed E-state index contributed by atoms with van der Waals surface area (Å²) in [6.45, 7) is 4.57. The van der Waals surface area contributed by atoms with Crippen molar-refractivity contribution >= 4 is 11.9 Å². The van der Waals surface area contributed by atoms with Crippen LogP contribution in [-0.2, 0) is 11.3 Å². The van der Waals surface area contributed by atoms with Crippen molar-refractivity contribution < 1.29 is 14.7 Å². The summed E-state index contributed by atoms with van der Waals surface area (Å²) in [7, 11) is 1.52. The SMILES string of the molecule is CC(C(=O)O)N(C)C(=O)c1cccc(CN2CCCC2)c1. The number of carbonyl (C=O) groups is 2. The molecule has 5 nitrogen and oxygen atoms in total. The molecule has 1 fully saturated rings. The van der Waals surface area contributed by atoms with Crippen molar-refractivity contribution in [2.24, 2.45) is 0 Å². The zero-order chi connectivity index (χ0) is 15.4. The monoisotopic (exact) mass is 290 g/mol. The molecule has 1 heterocycles. The van der Waals surface area contributed by atoms with Gasteiger partial charge in [0.15, 0.2) is 0 Å². The van der Waals surface area contributed by atoms with E-state index in [4.69, 9.17) is 5.11 Å². The van der Waals surface area contributed by atoms with Crippen LogP contribution >= 0.6 is 0 Å². The van der Waals surface area contributed by atoms with E-state index in [1.54, 1.807) is 6.07 Å². The Hall–Kier alpha value is -1.88. The lowest BCUT2D eigenvalue weighted by Gasteiger charge is -2.22. The number of carboxylic acid groups (broad SMARTS) is 1. The molecule has 1 atom stereocenters. The van der Waals surface area contributed by atoms with Gasteiger partial charge in [-0.3, -0.25) is 9.69 Å². The number of likely N-dealkylation sites (N-methyl/N-ethyl adjacent to an activating group) is 1. The molecule has 5 heteroatoms. The molecule has 0 bridgehead atoms. The predicted molar refractivity (Wildman–Crippen MR) is 80.1 cm³/mol. The topological polar surface area (TPSA) is 60.9 Å². The summed E-state index contributed by atoms with van der Waals surface area (Å²) >= 11 is 0. The summed E-state index contributed by atoms with van der Waals surface area (Å²) in [5, 5.41) is 8.99. The number of hydrogen-bond donors (Lipinski definition) is 1. The number of carboxylic acids is 1. The molecule has 1 aliphatic rings. The van der Waals surface area contributed by atoms with Crippen LogP contribution in [0.4, 0.5) is 0 Å². The molecule has 1 aromatic rings. The maximum atomic E-state index is 12.3. The Morgan fingerprint density at radius 2 is 2.00 bits per heavy atom. The maximum absolute atomic E-state index is 12.3.